The van der Waals surface area contributed by atoms with Crippen molar-refractivity contribution in [1.29, 1.82) is 0 Å². The maximum absolute atomic E-state index is 13.8. The van der Waals surface area contributed by atoms with Crippen molar-refractivity contribution in [2.24, 2.45) is 11.7 Å². The highest BCUT2D eigenvalue weighted by molar-refractivity contribution is 7.99. The van der Waals surface area contributed by atoms with E-state index in [2.05, 4.69) is 0 Å². The minimum Gasteiger partial charge on any atom is -0.375 e. The number of rotatable bonds is 3. The van der Waals surface area contributed by atoms with Gasteiger partial charge in [-0.05, 0) is 61.2 Å². The zero-order valence-corrected chi connectivity index (χ0v) is 13.2. The van der Waals surface area contributed by atoms with Gasteiger partial charge in [-0.3, -0.25) is 0 Å². The highest BCUT2D eigenvalue weighted by atomic mass is 32.2. The van der Waals surface area contributed by atoms with Crippen LogP contribution >= 0.6 is 11.8 Å². The third-order valence-electron chi connectivity index (χ3n) is 4.95. The molecule has 2 atom stereocenters. The van der Waals surface area contributed by atoms with Gasteiger partial charge in [-0.2, -0.15) is 11.8 Å². The molecule has 4 heteroatoms. The Hall–Kier alpha value is -0.580. The molecule has 116 valence electrons. The van der Waals surface area contributed by atoms with E-state index in [4.69, 9.17) is 10.5 Å². The standard InChI is InChI=1S/C17H24FNOS/c18-15-4-2-1-3-13(15)11-16(19)14-5-8-20-17(12-14)6-9-21-10-7-17/h1-4,14,16H,5-12,19H2. The molecule has 1 aromatic rings. The number of ether oxygens (including phenoxy) is 1. The summed E-state index contributed by atoms with van der Waals surface area (Å²) >= 11 is 2.02. The molecule has 0 bridgehead atoms. The lowest BCUT2D eigenvalue weighted by Gasteiger charge is -2.44. The summed E-state index contributed by atoms with van der Waals surface area (Å²) in [5, 5.41) is 0. The lowest BCUT2D eigenvalue weighted by Crippen LogP contribution is -2.47. The van der Waals surface area contributed by atoms with Crippen LogP contribution in [0.5, 0.6) is 0 Å². The topological polar surface area (TPSA) is 35.2 Å². The Kier molecular flexibility index (Phi) is 4.87. The molecule has 2 aliphatic heterocycles. The fourth-order valence-electron chi connectivity index (χ4n) is 3.61. The zero-order chi connectivity index (χ0) is 14.7. The van der Waals surface area contributed by atoms with Gasteiger partial charge in [0, 0.05) is 12.6 Å². The predicted molar refractivity (Wildman–Crippen MR) is 86.0 cm³/mol. The van der Waals surface area contributed by atoms with E-state index in [9.17, 15) is 4.39 Å². The third-order valence-corrected chi connectivity index (χ3v) is 5.94. The van der Waals surface area contributed by atoms with Crippen LogP contribution in [0.4, 0.5) is 4.39 Å². The number of hydrogen-bond acceptors (Lipinski definition) is 3. The van der Waals surface area contributed by atoms with Crippen LogP contribution in [0.3, 0.4) is 0 Å². The van der Waals surface area contributed by atoms with Crippen molar-refractivity contribution >= 4 is 11.8 Å². The molecule has 2 heterocycles. The molecule has 3 rings (SSSR count). The quantitative estimate of drug-likeness (QED) is 0.929. The van der Waals surface area contributed by atoms with Crippen LogP contribution in [0, 0.1) is 11.7 Å². The molecule has 0 aliphatic carbocycles. The van der Waals surface area contributed by atoms with Crippen molar-refractivity contribution in [1.82, 2.24) is 0 Å². The van der Waals surface area contributed by atoms with Crippen LogP contribution in [0.25, 0.3) is 0 Å². The molecule has 0 amide bonds. The maximum Gasteiger partial charge on any atom is 0.126 e. The molecule has 2 saturated heterocycles. The molecular formula is C17H24FNOS. The molecule has 2 unspecified atom stereocenters. The summed E-state index contributed by atoms with van der Waals surface area (Å²) in [5.41, 5.74) is 7.21. The lowest BCUT2D eigenvalue weighted by atomic mass is 9.77. The van der Waals surface area contributed by atoms with Crippen molar-refractivity contribution in [2.75, 3.05) is 18.1 Å². The van der Waals surface area contributed by atoms with Gasteiger partial charge in [-0.1, -0.05) is 18.2 Å². The van der Waals surface area contributed by atoms with Crippen LogP contribution in [0.1, 0.15) is 31.2 Å². The van der Waals surface area contributed by atoms with E-state index in [1.165, 1.54) is 17.6 Å². The Morgan fingerprint density at radius 2 is 2.10 bits per heavy atom. The monoisotopic (exact) mass is 309 g/mol. The summed E-state index contributed by atoms with van der Waals surface area (Å²) in [6.07, 6.45) is 4.96. The molecule has 1 aromatic carbocycles. The van der Waals surface area contributed by atoms with E-state index in [0.29, 0.717) is 12.3 Å². The zero-order valence-electron chi connectivity index (χ0n) is 12.4. The smallest absolute Gasteiger partial charge is 0.126 e. The second-order valence-corrected chi connectivity index (χ2v) is 7.58. The van der Waals surface area contributed by atoms with E-state index in [1.807, 2.05) is 23.9 Å². The summed E-state index contributed by atoms with van der Waals surface area (Å²) in [6, 6.07) is 7.01. The Bertz CT molecular complexity index is 470. The minimum atomic E-state index is -0.135. The Morgan fingerprint density at radius 3 is 2.86 bits per heavy atom. The van der Waals surface area contributed by atoms with Gasteiger partial charge >= 0.3 is 0 Å². The van der Waals surface area contributed by atoms with Gasteiger partial charge < -0.3 is 10.5 Å². The van der Waals surface area contributed by atoms with Crippen LogP contribution in [0.15, 0.2) is 24.3 Å². The van der Waals surface area contributed by atoms with Gasteiger partial charge in [-0.25, -0.2) is 4.39 Å². The Balaban J connectivity index is 1.64. The minimum absolute atomic E-state index is 0.0252. The fourth-order valence-corrected chi connectivity index (χ4v) is 4.84. The van der Waals surface area contributed by atoms with Crippen LogP contribution in [-0.2, 0) is 11.2 Å². The summed E-state index contributed by atoms with van der Waals surface area (Å²) < 4.78 is 19.9. The first-order valence-corrected chi connectivity index (χ1v) is 9.05. The molecule has 0 aromatic heterocycles. The number of thioether (sulfide) groups is 1. The summed E-state index contributed by atoms with van der Waals surface area (Å²) in [6.45, 7) is 0.806. The van der Waals surface area contributed by atoms with Gasteiger partial charge in [0.25, 0.3) is 0 Å². The number of halogens is 1. The van der Waals surface area contributed by atoms with Crippen molar-refractivity contribution in [3.63, 3.8) is 0 Å². The molecule has 1 spiro atoms. The van der Waals surface area contributed by atoms with Gasteiger partial charge in [0.1, 0.15) is 5.82 Å². The summed E-state index contributed by atoms with van der Waals surface area (Å²) in [7, 11) is 0. The van der Waals surface area contributed by atoms with Gasteiger partial charge in [0.2, 0.25) is 0 Å². The second-order valence-electron chi connectivity index (χ2n) is 6.36. The lowest BCUT2D eigenvalue weighted by molar-refractivity contribution is -0.105. The van der Waals surface area contributed by atoms with Crippen molar-refractivity contribution < 1.29 is 9.13 Å². The SMILES string of the molecule is NC(Cc1ccccc1F)C1CCOC2(CCSCC2)C1. The van der Waals surface area contributed by atoms with Gasteiger partial charge in [0.05, 0.1) is 5.60 Å². The van der Waals surface area contributed by atoms with Crippen LogP contribution in [0.2, 0.25) is 0 Å². The van der Waals surface area contributed by atoms with E-state index >= 15 is 0 Å². The average Bonchev–Trinajstić information content (AvgIpc) is 2.50. The second kappa shape index (κ2) is 6.67. The summed E-state index contributed by atoms with van der Waals surface area (Å²) in [4.78, 5) is 0. The maximum atomic E-state index is 13.8. The first kappa shape index (κ1) is 15.3. The molecule has 2 nitrogen and oxygen atoms in total. The molecular weight excluding hydrogens is 285 g/mol. The first-order chi connectivity index (χ1) is 10.2. The highest BCUT2D eigenvalue weighted by Crippen LogP contribution is 2.40. The number of nitrogens with two attached hydrogens (primary N) is 1. The molecule has 21 heavy (non-hydrogen) atoms. The van der Waals surface area contributed by atoms with Crippen LogP contribution in [-0.4, -0.2) is 29.8 Å². The van der Waals surface area contributed by atoms with E-state index in [0.717, 1.165) is 37.9 Å². The number of benzene rings is 1. The molecule has 2 aliphatic rings. The van der Waals surface area contributed by atoms with E-state index in [1.54, 1.807) is 6.07 Å². The predicted octanol–water partition coefficient (Wildman–Crippen LogP) is 3.39. The Morgan fingerprint density at radius 1 is 1.33 bits per heavy atom. The first-order valence-electron chi connectivity index (χ1n) is 7.89. The van der Waals surface area contributed by atoms with E-state index < -0.39 is 0 Å². The van der Waals surface area contributed by atoms with E-state index in [-0.39, 0.29) is 17.5 Å². The fraction of sp³-hybridized carbons (Fsp3) is 0.647. The average molecular weight is 309 g/mol. The highest BCUT2D eigenvalue weighted by Gasteiger charge is 2.40. The largest absolute Gasteiger partial charge is 0.375 e. The molecule has 0 saturated carbocycles. The van der Waals surface area contributed by atoms with Gasteiger partial charge in [0.15, 0.2) is 0 Å². The van der Waals surface area contributed by atoms with Crippen molar-refractivity contribution in [2.45, 2.75) is 43.7 Å². The number of hydrogen-bond donors (Lipinski definition) is 1. The van der Waals surface area contributed by atoms with Crippen LogP contribution < -0.4 is 5.73 Å². The summed E-state index contributed by atoms with van der Waals surface area (Å²) in [5.74, 6) is 2.69. The van der Waals surface area contributed by atoms with Gasteiger partial charge in [-0.15, -0.1) is 0 Å². The third kappa shape index (κ3) is 3.61. The molecule has 0 radical (unpaired) electrons. The molecule has 2 N–H and O–H groups in total. The van der Waals surface area contributed by atoms with Crippen molar-refractivity contribution in [3.05, 3.63) is 35.6 Å². The molecule has 2 fully saturated rings. The van der Waals surface area contributed by atoms with Crippen molar-refractivity contribution in [3.8, 4) is 0 Å². The normalized spacial score (nSPS) is 26.7. The Labute approximate surface area is 130 Å².